The number of sulfonamides is 2. The average Bonchev–Trinajstić information content (AvgIpc) is 2.90. The molecule has 4 aromatic rings. The minimum absolute atomic E-state index is 0.127. The van der Waals surface area contributed by atoms with Crippen molar-refractivity contribution in [3.05, 3.63) is 125 Å². The Morgan fingerprint density at radius 1 is 0.579 bits per heavy atom. The maximum Gasteiger partial charge on any atom is 0.268 e. The van der Waals surface area contributed by atoms with Crippen LogP contribution >= 0.6 is 0 Å². The first kappa shape index (κ1) is 25.8. The van der Waals surface area contributed by atoms with Gasteiger partial charge < -0.3 is 0 Å². The van der Waals surface area contributed by atoms with Gasteiger partial charge in [0.15, 0.2) is 0 Å². The summed E-state index contributed by atoms with van der Waals surface area (Å²) in [7, 11) is -8.06. The summed E-state index contributed by atoms with van der Waals surface area (Å²) in [6.45, 7) is 5.59. The highest BCUT2D eigenvalue weighted by Gasteiger charge is 2.39. The summed E-state index contributed by atoms with van der Waals surface area (Å²) in [5.74, 6) is 0. The van der Waals surface area contributed by atoms with Crippen LogP contribution in [0.25, 0.3) is 6.08 Å². The number of aryl methyl sites for hydroxylation is 3. The number of hydrogen-bond acceptors (Lipinski definition) is 4. The highest BCUT2D eigenvalue weighted by Crippen LogP contribution is 2.43. The molecule has 0 N–H and O–H groups in total. The van der Waals surface area contributed by atoms with E-state index >= 15 is 0 Å². The zero-order valence-electron chi connectivity index (χ0n) is 21.4. The number of fused-ring (bicyclic) bond motifs is 1. The first-order valence-corrected chi connectivity index (χ1v) is 15.0. The van der Waals surface area contributed by atoms with E-state index in [1.807, 2.05) is 45.0 Å². The molecule has 8 heteroatoms. The van der Waals surface area contributed by atoms with Gasteiger partial charge in [-0.3, -0.25) is 4.31 Å². The fraction of sp³-hybridized carbons (Fsp3) is 0.133. The van der Waals surface area contributed by atoms with Gasteiger partial charge in [-0.2, -0.15) is 0 Å². The van der Waals surface area contributed by atoms with E-state index in [0.29, 0.717) is 11.4 Å². The lowest BCUT2D eigenvalue weighted by atomic mass is 10.1. The number of benzene rings is 4. The molecule has 0 amide bonds. The second-order valence-electron chi connectivity index (χ2n) is 9.44. The molecular formula is C30H28N2O4S2. The standard InChI is InChI=1S/C30H28N2O4S2/c1-22-8-14-25(15-9-22)20-26-21-31(37(33,34)27-16-10-23(2)11-17-27)29-6-4-5-7-30(29)32(26)38(35,36)28-18-12-24(3)13-19-28/h4-20H,21H2,1-3H3. The van der Waals surface area contributed by atoms with Crippen molar-refractivity contribution in [3.63, 3.8) is 0 Å². The third-order valence-electron chi connectivity index (χ3n) is 6.51. The first-order chi connectivity index (χ1) is 18.1. The van der Waals surface area contributed by atoms with Gasteiger partial charge in [-0.1, -0.05) is 77.4 Å². The normalized spacial score (nSPS) is 15.0. The molecule has 0 aromatic heterocycles. The van der Waals surface area contributed by atoms with E-state index in [2.05, 4.69) is 0 Å². The van der Waals surface area contributed by atoms with Gasteiger partial charge in [0.25, 0.3) is 20.0 Å². The van der Waals surface area contributed by atoms with E-state index < -0.39 is 20.0 Å². The number of hydrogen-bond donors (Lipinski definition) is 0. The van der Waals surface area contributed by atoms with E-state index in [-0.39, 0.29) is 22.0 Å². The second kappa shape index (κ2) is 9.78. The molecule has 0 atom stereocenters. The molecular weight excluding hydrogens is 516 g/mol. The molecule has 1 aliphatic rings. The predicted molar refractivity (Wildman–Crippen MR) is 152 cm³/mol. The summed E-state index contributed by atoms with van der Waals surface area (Å²) in [6, 6.07) is 27.6. The zero-order chi connectivity index (χ0) is 27.1. The molecule has 5 rings (SSSR count). The molecule has 194 valence electrons. The molecule has 0 saturated carbocycles. The van der Waals surface area contributed by atoms with E-state index in [0.717, 1.165) is 22.3 Å². The van der Waals surface area contributed by atoms with Gasteiger partial charge >= 0.3 is 0 Å². The molecule has 4 aromatic carbocycles. The largest absolute Gasteiger partial charge is 0.268 e. The van der Waals surface area contributed by atoms with Crippen LogP contribution in [0.3, 0.4) is 0 Å². The SMILES string of the molecule is Cc1ccc(C=C2CN(S(=O)(=O)c3ccc(C)cc3)c3ccccc3N2S(=O)(=O)c2ccc(C)cc2)cc1. The summed E-state index contributed by atoms with van der Waals surface area (Å²) in [5, 5.41) is 0. The lowest BCUT2D eigenvalue weighted by molar-refractivity contribution is 0.586. The van der Waals surface area contributed by atoms with Gasteiger partial charge in [-0.25, -0.2) is 21.1 Å². The maximum atomic E-state index is 14.1. The molecule has 0 spiro atoms. The van der Waals surface area contributed by atoms with Crippen LogP contribution in [0.5, 0.6) is 0 Å². The Labute approximate surface area is 224 Å². The summed E-state index contributed by atoms with van der Waals surface area (Å²) in [4.78, 5) is 0.269. The molecule has 6 nitrogen and oxygen atoms in total. The molecule has 0 saturated heterocycles. The summed E-state index contributed by atoms with van der Waals surface area (Å²) < 4.78 is 58.5. The smallest absolute Gasteiger partial charge is 0.258 e. The fourth-order valence-corrected chi connectivity index (χ4v) is 7.38. The van der Waals surface area contributed by atoms with Crippen LogP contribution in [0.15, 0.2) is 113 Å². The minimum atomic E-state index is -4.07. The van der Waals surface area contributed by atoms with Gasteiger partial charge in [-0.05, 0) is 68.8 Å². The quantitative estimate of drug-likeness (QED) is 0.306. The van der Waals surface area contributed by atoms with Crippen LogP contribution in [0.2, 0.25) is 0 Å². The van der Waals surface area contributed by atoms with Crippen molar-refractivity contribution in [2.75, 3.05) is 15.2 Å². The van der Waals surface area contributed by atoms with E-state index in [1.54, 1.807) is 78.9 Å². The lowest BCUT2D eigenvalue weighted by Crippen LogP contribution is -2.44. The van der Waals surface area contributed by atoms with Crippen molar-refractivity contribution in [3.8, 4) is 0 Å². The van der Waals surface area contributed by atoms with Crippen LogP contribution in [0.1, 0.15) is 22.3 Å². The third-order valence-corrected chi connectivity index (χ3v) is 10.1. The Morgan fingerprint density at radius 3 is 1.55 bits per heavy atom. The Balaban J connectivity index is 1.74. The van der Waals surface area contributed by atoms with Crippen molar-refractivity contribution in [1.82, 2.24) is 0 Å². The van der Waals surface area contributed by atoms with Crippen molar-refractivity contribution >= 4 is 37.5 Å². The van der Waals surface area contributed by atoms with Crippen LogP contribution < -0.4 is 8.61 Å². The summed E-state index contributed by atoms with van der Waals surface area (Å²) in [6.07, 6.45) is 1.73. The van der Waals surface area contributed by atoms with Crippen molar-refractivity contribution in [2.24, 2.45) is 0 Å². The van der Waals surface area contributed by atoms with Crippen LogP contribution in [0.4, 0.5) is 11.4 Å². The highest BCUT2D eigenvalue weighted by atomic mass is 32.2. The monoisotopic (exact) mass is 544 g/mol. The van der Waals surface area contributed by atoms with Gasteiger partial charge in [0.05, 0.1) is 33.4 Å². The predicted octanol–water partition coefficient (Wildman–Crippen LogP) is 6.06. The van der Waals surface area contributed by atoms with E-state index in [1.165, 1.54) is 8.61 Å². The zero-order valence-corrected chi connectivity index (χ0v) is 23.0. The number of nitrogens with zero attached hydrogens (tertiary/aromatic N) is 2. The molecule has 1 aliphatic heterocycles. The maximum absolute atomic E-state index is 14.1. The van der Waals surface area contributed by atoms with Gasteiger partial charge in [0.2, 0.25) is 0 Å². The highest BCUT2D eigenvalue weighted by molar-refractivity contribution is 7.93. The first-order valence-electron chi connectivity index (χ1n) is 12.1. The van der Waals surface area contributed by atoms with Crippen LogP contribution in [0, 0.1) is 20.8 Å². The molecule has 0 aliphatic carbocycles. The Bertz CT molecular complexity index is 1730. The Kier molecular flexibility index (Phi) is 6.63. The van der Waals surface area contributed by atoms with Gasteiger partial charge in [-0.15, -0.1) is 0 Å². The molecule has 0 unspecified atom stereocenters. The minimum Gasteiger partial charge on any atom is -0.258 e. The van der Waals surface area contributed by atoms with Crippen LogP contribution in [-0.4, -0.2) is 23.4 Å². The summed E-state index contributed by atoms with van der Waals surface area (Å²) in [5.41, 5.74) is 4.60. The van der Waals surface area contributed by atoms with Gasteiger partial charge in [0.1, 0.15) is 0 Å². The Hall–Kier alpha value is -3.88. The van der Waals surface area contributed by atoms with E-state index in [4.69, 9.17) is 0 Å². The number of rotatable bonds is 5. The van der Waals surface area contributed by atoms with Crippen LogP contribution in [-0.2, 0) is 20.0 Å². The van der Waals surface area contributed by atoms with Gasteiger partial charge in [0, 0.05) is 0 Å². The molecule has 1 heterocycles. The number of para-hydroxylation sites is 2. The Morgan fingerprint density at radius 2 is 1.03 bits per heavy atom. The van der Waals surface area contributed by atoms with Crippen molar-refractivity contribution in [2.45, 2.75) is 30.6 Å². The topological polar surface area (TPSA) is 74.8 Å². The average molecular weight is 545 g/mol. The lowest BCUT2D eigenvalue weighted by Gasteiger charge is -2.39. The fourth-order valence-electron chi connectivity index (χ4n) is 4.41. The second-order valence-corrected chi connectivity index (χ2v) is 13.1. The van der Waals surface area contributed by atoms with Crippen molar-refractivity contribution < 1.29 is 16.8 Å². The molecule has 0 radical (unpaired) electrons. The molecule has 0 bridgehead atoms. The number of anilines is 2. The third kappa shape index (κ3) is 4.73. The molecule has 38 heavy (non-hydrogen) atoms. The summed E-state index contributed by atoms with van der Waals surface area (Å²) >= 11 is 0. The molecule has 0 fully saturated rings. The van der Waals surface area contributed by atoms with E-state index in [9.17, 15) is 16.8 Å². The van der Waals surface area contributed by atoms with Crippen molar-refractivity contribution in [1.29, 1.82) is 0 Å².